The number of urea groups is 1. The quantitative estimate of drug-likeness (QED) is 0.921. The fraction of sp³-hybridized carbons (Fsp3) is 0.143. The van der Waals surface area contributed by atoms with E-state index >= 15 is 0 Å². The Labute approximate surface area is 110 Å². The Hall–Kier alpha value is -2.43. The Bertz CT molecular complexity index is 560. The number of anilines is 1. The molecule has 2 rings (SSSR count). The number of carbonyl (C=O) groups excluding carboxylic acids is 1. The topological polar surface area (TPSA) is 45.2 Å². The van der Waals surface area contributed by atoms with Crippen LogP contribution < -0.4 is 5.32 Å². The van der Waals surface area contributed by atoms with Gasteiger partial charge in [-0.3, -0.25) is 4.98 Å². The summed E-state index contributed by atoms with van der Waals surface area (Å²) >= 11 is 0. The maximum absolute atomic E-state index is 13.0. The lowest BCUT2D eigenvalue weighted by Gasteiger charge is -2.17. The molecule has 1 N–H and O–H groups in total. The Morgan fingerprint density at radius 2 is 2.16 bits per heavy atom. The van der Waals surface area contributed by atoms with Crippen LogP contribution in [0.25, 0.3) is 0 Å². The van der Waals surface area contributed by atoms with Gasteiger partial charge in [0.05, 0.1) is 12.2 Å². The van der Waals surface area contributed by atoms with Crippen LogP contribution in [-0.4, -0.2) is 23.0 Å². The molecule has 98 valence electrons. The van der Waals surface area contributed by atoms with Crippen LogP contribution in [0.15, 0.2) is 48.7 Å². The molecule has 0 saturated carbocycles. The number of halogens is 1. The summed E-state index contributed by atoms with van der Waals surface area (Å²) in [5.41, 5.74) is 1.22. The van der Waals surface area contributed by atoms with E-state index in [0.717, 1.165) is 5.69 Å². The second-order valence-electron chi connectivity index (χ2n) is 4.12. The largest absolute Gasteiger partial charge is 0.322 e. The maximum Gasteiger partial charge on any atom is 0.321 e. The fourth-order valence-electron chi connectivity index (χ4n) is 1.59. The third-order valence-electron chi connectivity index (χ3n) is 2.55. The van der Waals surface area contributed by atoms with Crippen LogP contribution in [0, 0.1) is 5.82 Å². The molecule has 19 heavy (non-hydrogen) atoms. The van der Waals surface area contributed by atoms with E-state index in [9.17, 15) is 9.18 Å². The smallest absolute Gasteiger partial charge is 0.321 e. The van der Waals surface area contributed by atoms with Crippen LogP contribution in [0.2, 0.25) is 0 Å². The molecule has 0 radical (unpaired) electrons. The number of amides is 2. The predicted octanol–water partition coefficient (Wildman–Crippen LogP) is 2.88. The maximum atomic E-state index is 13.0. The van der Waals surface area contributed by atoms with Crippen molar-refractivity contribution in [2.75, 3.05) is 12.4 Å². The van der Waals surface area contributed by atoms with E-state index in [1.807, 2.05) is 18.2 Å². The Balaban J connectivity index is 1.96. The van der Waals surface area contributed by atoms with E-state index in [1.54, 1.807) is 25.4 Å². The van der Waals surface area contributed by atoms with Gasteiger partial charge in [-0.15, -0.1) is 0 Å². The zero-order chi connectivity index (χ0) is 13.7. The van der Waals surface area contributed by atoms with E-state index in [4.69, 9.17) is 0 Å². The minimum absolute atomic E-state index is 0.309. The molecule has 1 heterocycles. The van der Waals surface area contributed by atoms with E-state index < -0.39 is 0 Å². The van der Waals surface area contributed by atoms with Gasteiger partial charge >= 0.3 is 6.03 Å². The second kappa shape index (κ2) is 5.95. The first-order valence-corrected chi connectivity index (χ1v) is 5.83. The van der Waals surface area contributed by atoms with Crippen molar-refractivity contribution in [3.63, 3.8) is 0 Å². The van der Waals surface area contributed by atoms with Crippen molar-refractivity contribution in [2.45, 2.75) is 6.54 Å². The van der Waals surface area contributed by atoms with Gasteiger partial charge < -0.3 is 10.2 Å². The van der Waals surface area contributed by atoms with Crippen molar-refractivity contribution in [3.05, 3.63) is 60.2 Å². The zero-order valence-electron chi connectivity index (χ0n) is 10.5. The van der Waals surface area contributed by atoms with Gasteiger partial charge in [-0.25, -0.2) is 9.18 Å². The summed E-state index contributed by atoms with van der Waals surface area (Å²) in [6.07, 6.45) is 1.67. The first kappa shape index (κ1) is 13.0. The molecular weight excluding hydrogens is 245 g/mol. The van der Waals surface area contributed by atoms with Crippen molar-refractivity contribution >= 4 is 11.7 Å². The number of pyridine rings is 1. The molecule has 0 aliphatic heterocycles. The number of hydrogen-bond donors (Lipinski definition) is 1. The van der Waals surface area contributed by atoms with E-state index in [-0.39, 0.29) is 11.8 Å². The van der Waals surface area contributed by atoms with Gasteiger partial charge in [0.25, 0.3) is 0 Å². The van der Waals surface area contributed by atoms with E-state index in [1.165, 1.54) is 17.0 Å². The molecule has 1 aromatic carbocycles. The van der Waals surface area contributed by atoms with Gasteiger partial charge in [-0.2, -0.15) is 0 Å². The SMILES string of the molecule is CN(Cc1ccccn1)C(=O)Nc1cccc(F)c1. The standard InChI is InChI=1S/C14H14FN3O/c1-18(10-13-6-2-3-8-16-13)14(19)17-12-7-4-5-11(15)9-12/h2-9H,10H2,1H3,(H,17,19). The monoisotopic (exact) mass is 259 g/mol. The number of nitrogens with zero attached hydrogens (tertiary/aromatic N) is 2. The molecule has 0 aliphatic carbocycles. The molecule has 0 aliphatic rings. The summed E-state index contributed by atoms with van der Waals surface area (Å²) < 4.78 is 13.0. The van der Waals surface area contributed by atoms with Crippen molar-refractivity contribution in [2.24, 2.45) is 0 Å². The molecule has 0 unspecified atom stereocenters. The van der Waals surface area contributed by atoms with Crippen LogP contribution in [0.1, 0.15) is 5.69 Å². The first-order valence-electron chi connectivity index (χ1n) is 5.83. The minimum Gasteiger partial charge on any atom is -0.322 e. The lowest BCUT2D eigenvalue weighted by atomic mass is 10.3. The highest BCUT2D eigenvalue weighted by molar-refractivity contribution is 5.89. The lowest BCUT2D eigenvalue weighted by Crippen LogP contribution is -2.31. The molecule has 0 fully saturated rings. The number of rotatable bonds is 3. The van der Waals surface area contributed by atoms with Gasteiger partial charge in [-0.05, 0) is 30.3 Å². The summed E-state index contributed by atoms with van der Waals surface area (Å²) in [5.74, 6) is -0.384. The molecule has 2 amide bonds. The molecule has 0 saturated heterocycles. The molecule has 4 nitrogen and oxygen atoms in total. The Morgan fingerprint density at radius 1 is 1.32 bits per heavy atom. The second-order valence-corrected chi connectivity index (χ2v) is 4.12. The molecule has 5 heteroatoms. The highest BCUT2D eigenvalue weighted by Crippen LogP contribution is 2.10. The van der Waals surface area contributed by atoms with Gasteiger partial charge in [-0.1, -0.05) is 12.1 Å². The first-order chi connectivity index (χ1) is 9.15. The van der Waals surface area contributed by atoms with Crippen molar-refractivity contribution in [1.82, 2.24) is 9.88 Å². The Morgan fingerprint density at radius 3 is 2.84 bits per heavy atom. The lowest BCUT2D eigenvalue weighted by molar-refractivity contribution is 0.220. The third-order valence-corrected chi connectivity index (χ3v) is 2.55. The number of nitrogens with one attached hydrogen (secondary N) is 1. The summed E-state index contributed by atoms with van der Waals surface area (Å²) in [4.78, 5) is 17.5. The number of carbonyl (C=O) groups is 1. The number of benzene rings is 1. The van der Waals surface area contributed by atoms with Crippen LogP contribution in [0.3, 0.4) is 0 Å². The summed E-state index contributed by atoms with van der Waals surface area (Å²) in [5, 5.41) is 2.62. The minimum atomic E-state index is -0.384. The zero-order valence-corrected chi connectivity index (χ0v) is 10.5. The highest BCUT2D eigenvalue weighted by Gasteiger charge is 2.09. The molecule has 0 atom stereocenters. The van der Waals surface area contributed by atoms with Crippen molar-refractivity contribution in [1.29, 1.82) is 0 Å². The third kappa shape index (κ3) is 3.77. The molecule has 2 aromatic rings. The van der Waals surface area contributed by atoms with Crippen LogP contribution in [0.4, 0.5) is 14.9 Å². The molecule has 1 aromatic heterocycles. The van der Waals surface area contributed by atoms with Gasteiger partial charge in [0.1, 0.15) is 5.82 Å². The van der Waals surface area contributed by atoms with Crippen molar-refractivity contribution < 1.29 is 9.18 Å². The molecular formula is C14H14FN3O. The fourth-order valence-corrected chi connectivity index (χ4v) is 1.59. The van der Waals surface area contributed by atoms with Crippen molar-refractivity contribution in [3.8, 4) is 0 Å². The average molecular weight is 259 g/mol. The summed E-state index contributed by atoms with van der Waals surface area (Å²) in [6.45, 7) is 0.391. The van der Waals surface area contributed by atoms with Gasteiger partial charge in [0.2, 0.25) is 0 Å². The Kier molecular flexibility index (Phi) is 4.07. The molecule has 0 bridgehead atoms. The van der Waals surface area contributed by atoms with Crippen LogP contribution >= 0.6 is 0 Å². The predicted molar refractivity (Wildman–Crippen MR) is 71.1 cm³/mol. The number of aromatic nitrogens is 1. The normalized spacial score (nSPS) is 10.0. The van der Waals surface area contributed by atoms with Crippen LogP contribution in [-0.2, 0) is 6.54 Å². The van der Waals surface area contributed by atoms with Gasteiger partial charge in [0.15, 0.2) is 0 Å². The molecule has 0 spiro atoms. The van der Waals surface area contributed by atoms with E-state index in [0.29, 0.717) is 12.2 Å². The highest BCUT2D eigenvalue weighted by atomic mass is 19.1. The van der Waals surface area contributed by atoms with E-state index in [2.05, 4.69) is 10.3 Å². The van der Waals surface area contributed by atoms with Crippen LogP contribution in [0.5, 0.6) is 0 Å². The van der Waals surface area contributed by atoms with Gasteiger partial charge in [0, 0.05) is 18.9 Å². The number of hydrogen-bond acceptors (Lipinski definition) is 2. The summed E-state index contributed by atoms with van der Waals surface area (Å²) in [6, 6.07) is 11.0. The average Bonchev–Trinajstić information content (AvgIpc) is 2.40. The summed E-state index contributed by atoms with van der Waals surface area (Å²) in [7, 11) is 1.66.